The first-order valence-corrected chi connectivity index (χ1v) is 11.0. The second-order valence-corrected chi connectivity index (χ2v) is 8.15. The van der Waals surface area contributed by atoms with Crippen molar-refractivity contribution in [3.8, 4) is 11.5 Å². The predicted octanol–water partition coefficient (Wildman–Crippen LogP) is 4.08. The Morgan fingerprint density at radius 2 is 2.03 bits per heavy atom. The molecule has 1 saturated carbocycles. The number of hydrogen-bond donors (Lipinski definition) is 0. The van der Waals surface area contributed by atoms with Gasteiger partial charge in [0.25, 0.3) is 5.69 Å². The number of fused-ring (bicyclic) bond motifs is 1. The number of halogens is 2. The number of alkyl halides is 2. The van der Waals surface area contributed by atoms with Gasteiger partial charge in [-0.1, -0.05) is 6.07 Å². The number of aromatic nitrogens is 1. The fourth-order valence-electron chi connectivity index (χ4n) is 3.92. The van der Waals surface area contributed by atoms with E-state index in [-0.39, 0.29) is 54.2 Å². The number of non-ortho nitro benzene ring substituents is 1. The van der Waals surface area contributed by atoms with Crippen molar-refractivity contribution in [1.29, 1.82) is 0 Å². The summed E-state index contributed by atoms with van der Waals surface area (Å²) < 4.78 is 41.2. The lowest BCUT2D eigenvalue weighted by Gasteiger charge is -2.23. The maximum atomic E-state index is 13.0. The van der Waals surface area contributed by atoms with Gasteiger partial charge in [0.2, 0.25) is 5.91 Å². The molecule has 4 rings (SSSR count). The van der Waals surface area contributed by atoms with E-state index in [1.807, 2.05) is 0 Å². The number of hydrogen-bond acceptors (Lipinski definition) is 7. The summed E-state index contributed by atoms with van der Waals surface area (Å²) in [5.74, 6) is -0.683. The number of nitrogens with zero attached hydrogens (tertiary/aromatic N) is 3. The van der Waals surface area contributed by atoms with Gasteiger partial charge in [-0.3, -0.25) is 19.5 Å². The average molecular weight is 491 g/mol. The van der Waals surface area contributed by atoms with Crippen LogP contribution in [-0.4, -0.2) is 40.1 Å². The van der Waals surface area contributed by atoms with E-state index in [0.29, 0.717) is 17.5 Å². The number of aryl methyl sites for hydroxylation is 1. The topological polar surface area (TPSA) is 117 Å². The van der Waals surface area contributed by atoms with Crippen LogP contribution < -0.4 is 15.2 Å². The second-order valence-electron chi connectivity index (χ2n) is 8.15. The molecule has 0 bridgehead atoms. The van der Waals surface area contributed by atoms with E-state index in [1.165, 1.54) is 35.9 Å². The Balaban J connectivity index is 1.41. The molecule has 0 N–H and O–H groups in total. The summed E-state index contributed by atoms with van der Waals surface area (Å²) in [5.41, 5.74) is 1.06. The molecule has 10 nitrogen and oxygen atoms in total. The summed E-state index contributed by atoms with van der Waals surface area (Å²) in [6, 6.07) is 8.60. The van der Waals surface area contributed by atoms with E-state index in [0.717, 1.165) is 12.8 Å². The minimum atomic E-state index is -2.98. The van der Waals surface area contributed by atoms with Crippen molar-refractivity contribution in [2.45, 2.75) is 51.4 Å². The summed E-state index contributed by atoms with van der Waals surface area (Å²) in [7, 11) is 1.35. The van der Waals surface area contributed by atoms with Gasteiger partial charge in [0, 0.05) is 31.6 Å². The van der Waals surface area contributed by atoms with Gasteiger partial charge < -0.3 is 18.8 Å². The summed E-state index contributed by atoms with van der Waals surface area (Å²) in [6.07, 6.45) is 2.28. The SMILES string of the molecule is COc1cc(CN(C(=O)CCCn2c(=O)oc3cc([N+](=O)[O-])ccc32)C2CC2)ccc1OC(F)F. The Hall–Kier alpha value is -3.96. The molecule has 1 aromatic heterocycles. The average Bonchev–Trinajstić information content (AvgIpc) is 3.61. The van der Waals surface area contributed by atoms with Gasteiger partial charge in [0.1, 0.15) is 0 Å². The lowest BCUT2D eigenvalue weighted by Crippen LogP contribution is -2.32. The van der Waals surface area contributed by atoms with Gasteiger partial charge >= 0.3 is 12.4 Å². The van der Waals surface area contributed by atoms with Crippen molar-refractivity contribution in [2.24, 2.45) is 0 Å². The zero-order valence-corrected chi connectivity index (χ0v) is 18.8. The van der Waals surface area contributed by atoms with E-state index in [4.69, 9.17) is 9.15 Å². The largest absolute Gasteiger partial charge is 0.493 e. The van der Waals surface area contributed by atoms with Gasteiger partial charge in [0.15, 0.2) is 17.1 Å². The van der Waals surface area contributed by atoms with Crippen LogP contribution in [0.1, 0.15) is 31.2 Å². The fourth-order valence-corrected chi connectivity index (χ4v) is 3.92. The third kappa shape index (κ3) is 5.58. The van der Waals surface area contributed by atoms with Crippen molar-refractivity contribution in [1.82, 2.24) is 9.47 Å². The van der Waals surface area contributed by atoms with Crippen LogP contribution in [0.3, 0.4) is 0 Å². The molecule has 0 saturated heterocycles. The number of carbonyl (C=O) groups excluding carboxylic acids is 1. The second kappa shape index (κ2) is 10.1. The number of rotatable bonds is 11. The quantitative estimate of drug-likeness (QED) is 0.293. The maximum Gasteiger partial charge on any atom is 0.419 e. The monoisotopic (exact) mass is 491 g/mol. The molecule has 0 unspecified atom stereocenters. The van der Waals surface area contributed by atoms with Crippen LogP contribution in [-0.2, 0) is 17.9 Å². The molecule has 12 heteroatoms. The number of methoxy groups -OCH3 is 1. The minimum absolute atomic E-state index is 0.0846. The highest BCUT2D eigenvalue weighted by Gasteiger charge is 2.32. The summed E-state index contributed by atoms with van der Waals surface area (Å²) in [6.45, 7) is -2.48. The third-order valence-corrected chi connectivity index (χ3v) is 5.74. The van der Waals surface area contributed by atoms with Crippen molar-refractivity contribution >= 4 is 22.7 Å². The molecule has 1 aliphatic carbocycles. The van der Waals surface area contributed by atoms with Crippen molar-refractivity contribution < 1.29 is 32.4 Å². The van der Waals surface area contributed by atoms with Crippen LogP contribution in [0.25, 0.3) is 11.1 Å². The van der Waals surface area contributed by atoms with Gasteiger partial charge in [-0.25, -0.2) is 4.79 Å². The van der Waals surface area contributed by atoms with E-state index in [2.05, 4.69) is 4.74 Å². The Morgan fingerprint density at radius 1 is 1.26 bits per heavy atom. The fraction of sp³-hybridized carbons (Fsp3) is 0.391. The molecular formula is C23H23F2N3O7. The highest BCUT2D eigenvalue weighted by molar-refractivity contribution is 5.77. The van der Waals surface area contributed by atoms with Crippen LogP contribution >= 0.6 is 0 Å². The molecule has 0 atom stereocenters. The van der Waals surface area contributed by atoms with Gasteiger partial charge in [-0.15, -0.1) is 0 Å². The molecule has 1 aliphatic rings. The standard InChI is InChI=1S/C23H23F2N3O7/c1-33-20-11-14(4-9-18(20)34-22(24)25)13-27(15-5-6-15)21(29)3-2-10-26-17-8-7-16(28(31)32)12-19(17)35-23(26)30/h4,7-9,11-12,15,22H,2-3,5-6,10,13H2,1H3. The van der Waals surface area contributed by atoms with Gasteiger partial charge in [0.05, 0.1) is 23.6 Å². The molecule has 1 amide bonds. The Morgan fingerprint density at radius 3 is 2.69 bits per heavy atom. The molecule has 0 spiro atoms. The zero-order valence-electron chi connectivity index (χ0n) is 18.8. The number of oxazole rings is 1. The van der Waals surface area contributed by atoms with Crippen LogP contribution in [0.5, 0.6) is 11.5 Å². The normalized spacial score (nSPS) is 13.3. The number of amides is 1. The highest BCUT2D eigenvalue weighted by atomic mass is 19.3. The van der Waals surface area contributed by atoms with Crippen LogP contribution in [0.4, 0.5) is 14.5 Å². The summed E-state index contributed by atoms with van der Waals surface area (Å²) in [5, 5.41) is 10.9. The van der Waals surface area contributed by atoms with Gasteiger partial charge in [-0.05, 0) is 43.0 Å². The zero-order chi connectivity index (χ0) is 25.1. The number of benzene rings is 2. The van der Waals surface area contributed by atoms with E-state index < -0.39 is 17.3 Å². The Bertz CT molecular complexity index is 1300. The highest BCUT2D eigenvalue weighted by Crippen LogP contribution is 2.33. The molecule has 1 heterocycles. The number of nitro benzene ring substituents is 1. The minimum Gasteiger partial charge on any atom is -0.493 e. The van der Waals surface area contributed by atoms with Crippen molar-refractivity contribution in [3.05, 3.63) is 62.6 Å². The lowest BCUT2D eigenvalue weighted by atomic mass is 10.1. The van der Waals surface area contributed by atoms with E-state index in [1.54, 1.807) is 17.0 Å². The predicted molar refractivity (Wildman–Crippen MR) is 120 cm³/mol. The summed E-state index contributed by atoms with van der Waals surface area (Å²) in [4.78, 5) is 37.3. The van der Waals surface area contributed by atoms with E-state index in [9.17, 15) is 28.5 Å². The molecule has 186 valence electrons. The maximum absolute atomic E-state index is 13.0. The molecular weight excluding hydrogens is 468 g/mol. The van der Waals surface area contributed by atoms with Crippen molar-refractivity contribution in [3.63, 3.8) is 0 Å². The van der Waals surface area contributed by atoms with Crippen LogP contribution in [0, 0.1) is 10.1 Å². The van der Waals surface area contributed by atoms with Crippen molar-refractivity contribution in [2.75, 3.05) is 7.11 Å². The smallest absolute Gasteiger partial charge is 0.419 e. The lowest BCUT2D eigenvalue weighted by molar-refractivity contribution is -0.384. The summed E-state index contributed by atoms with van der Waals surface area (Å²) >= 11 is 0. The van der Waals surface area contributed by atoms with Crippen LogP contribution in [0.2, 0.25) is 0 Å². The molecule has 0 aliphatic heterocycles. The molecule has 3 aromatic rings. The molecule has 35 heavy (non-hydrogen) atoms. The first kappa shape index (κ1) is 24.2. The van der Waals surface area contributed by atoms with Gasteiger partial charge in [-0.2, -0.15) is 8.78 Å². The first-order chi connectivity index (χ1) is 16.8. The molecule has 1 fully saturated rings. The van der Waals surface area contributed by atoms with Crippen LogP contribution in [0.15, 0.2) is 45.6 Å². The number of nitro groups is 1. The molecule has 0 radical (unpaired) electrons. The van der Waals surface area contributed by atoms with E-state index >= 15 is 0 Å². The molecule has 2 aromatic carbocycles. The number of carbonyl (C=O) groups is 1. The third-order valence-electron chi connectivity index (χ3n) is 5.74. The number of ether oxygens (including phenoxy) is 2. The first-order valence-electron chi connectivity index (χ1n) is 11.0. The Kier molecular flexibility index (Phi) is 6.99. The Labute approximate surface area is 197 Å².